The molecule has 3 aromatic rings. The smallest absolute Gasteiger partial charge is 0.303 e. The third-order valence-corrected chi connectivity index (χ3v) is 8.82. The normalized spacial score (nSPS) is 19.8. The van der Waals surface area contributed by atoms with E-state index in [0.29, 0.717) is 12.3 Å². The lowest BCUT2D eigenvalue weighted by Crippen LogP contribution is -2.42. The van der Waals surface area contributed by atoms with Crippen LogP contribution in [0.3, 0.4) is 0 Å². The summed E-state index contributed by atoms with van der Waals surface area (Å²) in [5, 5.41) is 23.5. The van der Waals surface area contributed by atoms with Crippen molar-refractivity contribution in [3.05, 3.63) is 53.5 Å². The Hall–Kier alpha value is -2.13. The number of aliphatic carboxylic acids is 1. The van der Waals surface area contributed by atoms with E-state index in [9.17, 15) is 15.0 Å². The zero-order valence-electron chi connectivity index (χ0n) is 19.4. The topological polar surface area (TPSA) is 82.9 Å². The maximum absolute atomic E-state index is 11.6. The van der Waals surface area contributed by atoms with Crippen molar-refractivity contribution >= 4 is 40.0 Å². The molecule has 1 aliphatic heterocycles. The summed E-state index contributed by atoms with van der Waals surface area (Å²) in [6.45, 7) is 2.77. The van der Waals surface area contributed by atoms with Crippen molar-refractivity contribution in [3.63, 3.8) is 0 Å². The summed E-state index contributed by atoms with van der Waals surface area (Å²) < 4.78 is 6.68. The first-order chi connectivity index (χ1) is 16.5. The van der Waals surface area contributed by atoms with Crippen LogP contribution >= 0.6 is 23.1 Å². The molecule has 6 nitrogen and oxygen atoms in total. The summed E-state index contributed by atoms with van der Waals surface area (Å²) in [4.78, 5) is 18.4. The summed E-state index contributed by atoms with van der Waals surface area (Å²) in [7, 11) is 1.63. The van der Waals surface area contributed by atoms with Gasteiger partial charge in [-0.15, -0.1) is 23.1 Å². The van der Waals surface area contributed by atoms with Crippen LogP contribution in [0.25, 0.3) is 10.9 Å². The number of hydrogen-bond acceptors (Lipinski definition) is 7. The number of piperidine rings is 1. The Morgan fingerprint density at radius 1 is 1.32 bits per heavy atom. The quantitative estimate of drug-likeness (QED) is 0.345. The number of aliphatic hydroxyl groups is 1. The van der Waals surface area contributed by atoms with Crippen molar-refractivity contribution in [2.75, 3.05) is 32.5 Å². The maximum Gasteiger partial charge on any atom is 0.303 e. The second kappa shape index (κ2) is 12.0. The zero-order valence-corrected chi connectivity index (χ0v) is 21.1. The third-order valence-electron chi connectivity index (χ3n) is 6.71. The Kier molecular flexibility index (Phi) is 8.83. The molecule has 1 unspecified atom stereocenters. The molecule has 0 amide bonds. The van der Waals surface area contributed by atoms with Crippen LogP contribution in [0, 0.1) is 11.8 Å². The number of fused-ring (bicyclic) bond motifs is 1. The highest BCUT2D eigenvalue weighted by Crippen LogP contribution is 2.35. The van der Waals surface area contributed by atoms with Crippen molar-refractivity contribution < 1.29 is 19.7 Å². The molecular weight excluding hydrogens is 468 g/mol. The van der Waals surface area contributed by atoms with Crippen LogP contribution in [0.1, 0.15) is 37.4 Å². The average Bonchev–Trinajstić information content (AvgIpc) is 3.36. The predicted molar refractivity (Wildman–Crippen MR) is 138 cm³/mol. The molecule has 1 fully saturated rings. The fourth-order valence-electron chi connectivity index (χ4n) is 4.91. The first kappa shape index (κ1) is 25.0. The van der Waals surface area contributed by atoms with Gasteiger partial charge in [0, 0.05) is 36.8 Å². The van der Waals surface area contributed by atoms with Crippen LogP contribution in [0.2, 0.25) is 0 Å². The number of pyridine rings is 1. The highest BCUT2D eigenvalue weighted by molar-refractivity contribution is 8.01. The number of thioether (sulfide) groups is 1. The molecular formula is C26H32N2O4S2. The SMILES string of the molecule is COc1ccc2nccc(C(O)CC[C@@H]3CCN(CCSc4cccs4)C[C@@H]3CC(=O)O)c2c1. The molecule has 182 valence electrons. The van der Waals surface area contributed by atoms with E-state index in [4.69, 9.17) is 4.74 Å². The van der Waals surface area contributed by atoms with Gasteiger partial charge in [0.25, 0.3) is 0 Å². The van der Waals surface area contributed by atoms with Gasteiger partial charge in [-0.3, -0.25) is 9.78 Å². The Morgan fingerprint density at radius 3 is 2.97 bits per heavy atom. The number of likely N-dealkylation sites (tertiary alicyclic amines) is 1. The zero-order chi connectivity index (χ0) is 23.9. The number of hydrogen-bond donors (Lipinski definition) is 2. The number of carbonyl (C=O) groups is 1. The number of carboxylic acids is 1. The number of thiophene rings is 1. The molecule has 3 heterocycles. The van der Waals surface area contributed by atoms with Crippen molar-refractivity contribution in [2.45, 2.75) is 36.0 Å². The van der Waals surface area contributed by atoms with Gasteiger partial charge < -0.3 is 19.8 Å². The van der Waals surface area contributed by atoms with Crippen molar-refractivity contribution in [1.82, 2.24) is 9.88 Å². The van der Waals surface area contributed by atoms with Crippen LogP contribution in [0.4, 0.5) is 0 Å². The number of ether oxygens (including phenoxy) is 1. The Bertz CT molecular complexity index is 1080. The molecule has 34 heavy (non-hydrogen) atoms. The van der Waals surface area contributed by atoms with Crippen LogP contribution in [0.15, 0.2) is 52.2 Å². The third kappa shape index (κ3) is 6.50. The van der Waals surface area contributed by atoms with E-state index in [-0.39, 0.29) is 12.3 Å². The standard InChI is InChI=1S/C26H32N2O4S2/c1-32-20-5-6-23-22(16-20)21(8-10-27-23)24(29)7-4-18-9-11-28(17-19(18)15-25(30)31)12-14-34-26-3-2-13-33-26/h2-3,5-6,8,10,13,16,18-19,24,29H,4,7,9,11-12,14-15,17H2,1H3,(H,30,31)/t18-,19+,24?/m1/s1. The number of methoxy groups -OCH3 is 1. The minimum Gasteiger partial charge on any atom is -0.497 e. The molecule has 0 bridgehead atoms. The Morgan fingerprint density at radius 2 is 2.21 bits per heavy atom. The lowest BCUT2D eigenvalue weighted by Gasteiger charge is -2.38. The predicted octanol–water partition coefficient (Wildman–Crippen LogP) is 5.32. The van der Waals surface area contributed by atoms with E-state index in [1.54, 1.807) is 24.6 Å². The minimum atomic E-state index is -0.738. The largest absolute Gasteiger partial charge is 0.497 e. The molecule has 4 rings (SSSR count). The highest BCUT2D eigenvalue weighted by atomic mass is 32.2. The second-order valence-corrected chi connectivity index (χ2v) is 11.2. The summed E-state index contributed by atoms with van der Waals surface area (Å²) in [5.41, 5.74) is 1.68. The van der Waals surface area contributed by atoms with E-state index in [1.165, 1.54) is 4.21 Å². The molecule has 0 saturated carbocycles. The first-order valence-corrected chi connectivity index (χ1v) is 13.6. The van der Waals surface area contributed by atoms with Crippen LogP contribution < -0.4 is 4.74 Å². The van der Waals surface area contributed by atoms with Gasteiger partial charge in [0.1, 0.15) is 5.75 Å². The fourth-order valence-corrected chi connectivity index (χ4v) is 6.77. The molecule has 1 aromatic carbocycles. The number of carboxylic acid groups (broad SMARTS) is 1. The molecule has 2 N–H and O–H groups in total. The summed E-state index contributed by atoms with van der Waals surface area (Å²) in [5.74, 6) is 1.43. The minimum absolute atomic E-state index is 0.111. The Labute approximate surface area is 209 Å². The molecule has 3 atom stereocenters. The van der Waals surface area contributed by atoms with Gasteiger partial charge in [0.15, 0.2) is 0 Å². The monoisotopic (exact) mass is 500 g/mol. The van der Waals surface area contributed by atoms with Crippen molar-refractivity contribution in [3.8, 4) is 5.75 Å². The number of nitrogens with zero attached hydrogens (tertiary/aromatic N) is 2. The highest BCUT2D eigenvalue weighted by Gasteiger charge is 2.31. The van der Waals surface area contributed by atoms with Crippen LogP contribution in [-0.2, 0) is 4.79 Å². The second-order valence-electron chi connectivity index (χ2n) is 8.86. The lowest BCUT2D eigenvalue weighted by atomic mass is 9.79. The van der Waals surface area contributed by atoms with Crippen LogP contribution in [-0.4, -0.2) is 58.6 Å². The van der Waals surface area contributed by atoms with Crippen molar-refractivity contribution in [1.29, 1.82) is 0 Å². The van der Waals surface area contributed by atoms with E-state index in [0.717, 1.165) is 60.4 Å². The van der Waals surface area contributed by atoms with E-state index in [1.807, 2.05) is 36.0 Å². The number of aromatic nitrogens is 1. The molecule has 1 aliphatic rings. The van der Waals surface area contributed by atoms with Crippen molar-refractivity contribution in [2.24, 2.45) is 11.8 Å². The van der Waals surface area contributed by atoms with E-state index >= 15 is 0 Å². The molecule has 0 radical (unpaired) electrons. The average molecular weight is 501 g/mol. The maximum atomic E-state index is 11.6. The number of benzene rings is 1. The number of aliphatic hydroxyl groups excluding tert-OH is 1. The van der Waals surface area contributed by atoms with Gasteiger partial charge in [-0.2, -0.15) is 0 Å². The Balaban J connectivity index is 1.35. The molecule has 8 heteroatoms. The molecule has 1 saturated heterocycles. The van der Waals surface area contributed by atoms with Gasteiger partial charge in [-0.1, -0.05) is 6.07 Å². The lowest BCUT2D eigenvalue weighted by molar-refractivity contribution is -0.139. The van der Waals surface area contributed by atoms with Gasteiger partial charge in [0.2, 0.25) is 0 Å². The molecule has 0 aliphatic carbocycles. The number of rotatable bonds is 11. The van der Waals surface area contributed by atoms with E-state index < -0.39 is 12.1 Å². The van der Waals surface area contributed by atoms with E-state index in [2.05, 4.69) is 27.4 Å². The molecule has 2 aromatic heterocycles. The van der Waals surface area contributed by atoms with Crippen LogP contribution in [0.5, 0.6) is 5.75 Å². The summed E-state index contributed by atoms with van der Waals surface area (Å²) in [6.07, 6.45) is 3.68. The molecule has 0 spiro atoms. The first-order valence-electron chi connectivity index (χ1n) is 11.7. The summed E-state index contributed by atoms with van der Waals surface area (Å²) >= 11 is 3.63. The van der Waals surface area contributed by atoms with Gasteiger partial charge >= 0.3 is 5.97 Å². The van der Waals surface area contributed by atoms with Gasteiger partial charge in [-0.05, 0) is 78.9 Å². The fraction of sp³-hybridized carbons (Fsp3) is 0.462. The van der Waals surface area contributed by atoms with Gasteiger partial charge in [-0.25, -0.2) is 0 Å². The summed E-state index contributed by atoms with van der Waals surface area (Å²) in [6, 6.07) is 11.8. The van der Waals surface area contributed by atoms with Gasteiger partial charge in [0.05, 0.1) is 22.9 Å².